The summed E-state index contributed by atoms with van der Waals surface area (Å²) >= 11 is 9.39. The van der Waals surface area contributed by atoms with Gasteiger partial charge in [0.05, 0.1) is 21.3 Å². The lowest BCUT2D eigenvalue weighted by Gasteiger charge is -2.17. The number of benzene rings is 1. The summed E-state index contributed by atoms with van der Waals surface area (Å²) in [6.45, 7) is 0. The Balaban J connectivity index is 2.51. The van der Waals surface area contributed by atoms with Crippen LogP contribution in [0, 0.1) is 0 Å². The first-order chi connectivity index (χ1) is 9.62. The molecule has 1 heterocycles. The smallest absolute Gasteiger partial charge is 0.203 e. The normalized spacial score (nSPS) is 12.1. The summed E-state index contributed by atoms with van der Waals surface area (Å²) in [5, 5.41) is 0.337. The first kappa shape index (κ1) is 15.1. The van der Waals surface area contributed by atoms with Crippen LogP contribution >= 0.6 is 27.5 Å². The van der Waals surface area contributed by atoms with E-state index in [9.17, 15) is 0 Å². The molecule has 0 aliphatic rings. The summed E-state index contributed by atoms with van der Waals surface area (Å²) in [5.74, 6) is 2.40. The average Bonchev–Trinajstić information content (AvgIpc) is 2.91. The van der Waals surface area contributed by atoms with E-state index in [1.165, 1.54) is 0 Å². The number of hydrogen-bond donors (Lipinski definition) is 0. The summed E-state index contributed by atoms with van der Waals surface area (Å²) in [4.78, 5) is -0.204. The van der Waals surface area contributed by atoms with Gasteiger partial charge in [0.2, 0.25) is 5.75 Å². The zero-order valence-electron chi connectivity index (χ0n) is 11.3. The summed E-state index contributed by atoms with van der Waals surface area (Å²) < 4.78 is 21.5. The van der Waals surface area contributed by atoms with Crippen LogP contribution in [-0.2, 0) is 0 Å². The van der Waals surface area contributed by atoms with E-state index in [0.717, 1.165) is 5.56 Å². The van der Waals surface area contributed by atoms with Crippen molar-refractivity contribution in [3.05, 3.63) is 40.8 Å². The van der Waals surface area contributed by atoms with Crippen LogP contribution in [0.5, 0.6) is 17.2 Å². The highest BCUT2D eigenvalue weighted by atomic mass is 79.9. The first-order valence-electron chi connectivity index (χ1n) is 5.80. The van der Waals surface area contributed by atoms with Gasteiger partial charge in [0, 0.05) is 5.56 Å². The second-order valence-electron chi connectivity index (χ2n) is 3.93. The Hall–Kier alpha value is -1.33. The first-order valence-corrected chi connectivity index (χ1v) is 7.09. The van der Waals surface area contributed by atoms with Gasteiger partial charge in [-0.25, -0.2) is 0 Å². The highest BCUT2D eigenvalue weighted by Gasteiger charge is 2.23. The average molecular weight is 362 g/mol. The highest BCUT2D eigenvalue weighted by molar-refractivity contribution is 9.09. The number of halogens is 2. The number of rotatable bonds is 5. The van der Waals surface area contributed by atoms with Crippen LogP contribution in [0.15, 0.2) is 28.7 Å². The van der Waals surface area contributed by atoms with Gasteiger partial charge in [-0.15, -0.1) is 0 Å². The van der Waals surface area contributed by atoms with Gasteiger partial charge < -0.3 is 18.6 Å². The molecule has 1 unspecified atom stereocenters. The third kappa shape index (κ3) is 2.74. The van der Waals surface area contributed by atoms with E-state index >= 15 is 0 Å². The van der Waals surface area contributed by atoms with Crippen molar-refractivity contribution in [2.75, 3.05) is 21.3 Å². The van der Waals surface area contributed by atoms with Crippen molar-refractivity contribution in [1.82, 2.24) is 0 Å². The van der Waals surface area contributed by atoms with Crippen molar-refractivity contribution >= 4 is 27.5 Å². The van der Waals surface area contributed by atoms with Gasteiger partial charge in [-0.3, -0.25) is 0 Å². The molecule has 1 aromatic carbocycles. The van der Waals surface area contributed by atoms with Crippen molar-refractivity contribution in [3.63, 3.8) is 0 Å². The molecule has 1 aromatic heterocycles. The molecule has 4 nitrogen and oxygen atoms in total. The topological polar surface area (TPSA) is 40.8 Å². The van der Waals surface area contributed by atoms with Gasteiger partial charge in [-0.1, -0.05) is 15.9 Å². The fourth-order valence-corrected chi connectivity index (χ4v) is 2.70. The largest absolute Gasteiger partial charge is 0.493 e. The fraction of sp³-hybridized carbons (Fsp3) is 0.286. The van der Waals surface area contributed by atoms with Gasteiger partial charge in [0.15, 0.2) is 16.7 Å². The number of ether oxygens (including phenoxy) is 3. The molecule has 0 fully saturated rings. The Kier molecular flexibility index (Phi) is 4.83. The Morgan fingerprint density at radius 1 is 1.00 bits per heavy atom. The minimum absolute atomic E-state index is 0.204. The lowest BCUT2D eigenvalue weighted by Crippen LogP contribution is -2.01. The number of alkyl halides is 1. The number of methoxy groups -OCH3 is 3. The minimum atomic E-state index is -0.204. The highest BCUT2D eigenvalue weighted by Crippen LogP contribution is 2.46. The lowest BCUT2D eigenvalue weighted by molar-refractivity contribution is 0.322. The van der Waals surface area contributed by atoms with Gasteiger partial charge in [-0.05, 0) is 35.9 Å². The van der Waals surface area contributed by atoms with E-state index in [0.29, 0.717) is 28.2 Å². The molecule has 0 bridgehead atoms. The van der Waals surface area contributed by atoms with E-state index in [-0.39, 0.29) is 4.83 Å². The Bertz CT molecular complexity index is 597. The van der Waals surface area contributed by atoms with Crippen molar-refractivity contribution < 1.29 is 18.6 Å². The molecule has 6 heteroatoms. The van der Waals surface area contributed by atoms with Crippen LogP contribution in [0.1, 0.15) is 16.2 Å². The zero-order chi connectivity index (χ0) is 14.7. The fourth-order valence-electron chi connectivity index (χ4n) is 1.94. The monoisotopic (exact) mass is 360 g/mol. The quantitative estimate of drug-likeness (QED) is 0.738. The molecule has 0 radical (unpaired) electrons. The van der Waals surface area contributed by atoms with Crippen LogP contribution in [0.3, 0.4) is 0 Å². The second-order valence-corrected chi connectivity index (χ2v) is 5.22. The van der Waals surface area contributed by atoms with Crippen LogP contribution in [0.4, 0.5) is 0 Å². The third-order valence-corrected chi connectivity index (χ3v) is 4.00. The molecule has 0 aliphatic carbocycles. The van der Waals surface area contributed by atoms with Crippen molar-refractivity contribution in [2.24, 2.45) is 0 Å². The van der Waals surface area contributed by atoms with Gasteiger partial charge in [0.25, 0.3) is 0 Å². The molecule has 0 spiro atoms. The maximum absolute atomic E-state index is 5.81. The van der Waals surface area contributed by atoms with Crippen molar-refractivity contribution in [3.8, 4) is 17.2 Å². The Morgan fingerprint density at radius 3 is 2.20 bits per heavy atom. The van der Waals surface area contributed by atoms with E-state index < -0.39 is 0 Å². The number of hydrogen-bond acceptors (Lipinski definition) is 4. The van der Waals surface area contributed by atoms with Gasteiger partial charge in [0.1, 0.15) is 10.6 Å². The molecule has 108 valence electrons. The Morgan fingerprint density at radius 2 is 1.70 bits per heavy atom. The van der Waals surface area contributed by atoms with Crippen molar-refractivity contribution in [1.29, 1.82) is 0 Å². The molecule has 20 heavy (non-hydrogen) atoms. The molecule has 2 rings (SSSR count). The molecule has 0 saturated carbocycles. The molecule has 2 aromatic rings. The van der Waals surface area contributed by atoms with Gasteiger partial charge in [-0.2, -0.15) is 0 Å². The van der Waals surface area contributed by atoms with E-state index in [2.05, 4.69) is 15.9 Å². The standard InChI is InChI=1S/C14H14BrClO4/c1-17-10-5-4-8(13(18-2)14(10)19-3)12(15)9-6-7-11(16)20-9/h4-7,12H,1-3H3. The van der Waals surface area contributed by atoms with E-state index in [4.69, 9.17) is 30.2 Å². The summed E-state index contributed by atoms with van der Waals surface area (Å²) in [5.41, 5.74) is 0.858. The summed E-state index contributed by atoms with van der Waals surface area (Å²) in [7, 11) is 4.72. The molecule has 0 saturated heterocycles. The molecular formula is C14H14BrClO4. The molecular weight excluding hydrogens is 348 g/mol. The minimum Gasteiger partial charge on any atom is -0.493 e. The van der Waals surface area contributed by atoms with Crippen LogP contribution in [0.2, 0.25) is 5.22 Å². The maximum Gasteiger partial charge on any atom is 0.203 e. The van der Waals surface area contributed by atoms with Crippen LogP contribution < -0.4 is 14.2 Å². The SMILES string of the molecule is COc1ccc(C(Br)c2ccc(Cl)o2)c(OC)c1OC. The third-order valence-electron chi connectivity index (χ3n) is 2.85. The predicted molar refractivity (Wildman–Crippen MR) is 80.6 cm³/mol. The molecule has 0 amide bonds. The molecule has 0 N–H and O–H groups in total. The second kappa shape index (κ2) is 6.41. The van der Waals surface area contributed by atoms with E-state index in [1.54, 1.807) is 33.5 Å². The maximum atomic E-state index is 5.81. The summed E-state index contributed by atoms with van der Waals surface area (Å²) in [6, 6.07) is 7.20. The number of furan rings is 1. The van der Waals surface area contributed by atoms with Gasteiger partial charge >= 0.3 is 0 Å². The Labute approximate surface area is 130 Å². The lowest BCUT2D eigenvalue weighted by atomic mass is 10.1. The van der Waals surface area contributed by atoms with E-state index in [1.807, 2.05) is 12.1 Å². The van der Waals surface area contributed by atoms with Crippen LogP contribution in [-0.4, -0.2) is 21.3 Å². The molecule has 0 aliphatic heterocycles. The molecule has 1 atom stereocenters. The van der Waals surface area contributed by atoms with Crippen molar-refractivity contribution in [2.45, 2.75) is 4.83 Å². The predicted octanol–water partition coefficient (Wildman–Crippen LogP) is 4.44. The van der Waals surface area contributed by atoms with Crippen LogP contribution in [0.25, 0.3) is 0 Å². The zero-order valence-corrected chi connectivity index (χ0v) is 13.6. The summed E-state index contributed by atoms with van der Waals surface area (Å²) in [6.07, 6.45) is 0.